The molecule has 1 aromatic carbocycles. The molecule has 5 heteroatoms. The Bertz CT molecular complexity index is 364. The van der Waals surface area contributed by atoms with Crippen LogP contribution in [0.5, 0.6) is 0 Å². The van der Waals surface area contributed by atoms with Gasteiger partial charge in [0, 0.05) is 5.56 Å². The molecule has 0 saturated heterocycles. The van der Waals surface area contributed by atoms with E-state index in [4.69, 9.17) is 0 Å². The third-order valence-corrected chi connectivity index (χ3v) is 1.42. The zero-order valence-electron chi connectivity index (χ0n) is 7.46. The van der Waals surface area contributed by atoms with E-state index in [1.165, 1.54) is 0 Å². The van der Waals surface area contributed by atoms with Crippen LogP contribution in [0.25, 0.3) is 0 Å². The van der Waals surface area contributed by atoms with Gasteiger partial charge in [-0.15, -0.1) is 6.26 Å². The van der Waals surface area contributed by atoms with Gasteiger partial charge in [-0.05, 0) is 24.3 Å². The molecule has 0 unspecified atom stereocenters. The van der Waals surface area contributed by atoms with Gasteiger partial charge in [0.1, 0.15) is 0 Å². The van der Waals surface area contributed by atoms with Gasteiger partial charge in [0.15, 0.2) is 17.4 Å². The van der Waals surface area contributed by atoms with Crippen LogP contribution in [0, 0.1) is 11.6 Å². The Morgan fingerprint density at radius 3 is 2.43 bits per heavy atom. The second-order valence-corrected chi connectivity index (χ2v) is 2.30. The number of carbonyl (C=O) groups excluding carboxylic acids is 1. The molecule has 0 aliphatic heterocycles. The summed E-state index contributed by atoms with van der Waals surface area (Å²) in [7, 11) is 0. The molecule has 1 aromatic rings. The first-order chi connectivity index (χ1) is 6.15. The molecule has 0 heterocycles. The van der Waals surface area contributed by atoms with Gasteiger partial charge in [-0.2, -0.15) is 0 Å². The van der Waals surface area contributed by atoms with Gasteiger partial charge >= 0.3 is 29.6 Å². The quantitative estimate of drug-likeness (QED) is 0.243. The summed E-state index contributed by atoms with van der Waals surface area (Å²) in [6, 6.07) is 2.69. The van der Waals surface area contributed by atoms with Crippen LogP contribution in [0.3, 0.4) is 0 Å². The van der Waals surface area contributed by atoms with E-state index in [0.29, 0.717) is 6.26 Å². The van der Waals surface area contributed by atoms with Crippen molar-refractivity contribution in [3.05, 3.63) is 47.7 Å². The number of hydrogen-bond donors (Lipinski definition) is 0. The van der Waals surface area contributed by atoms with Gasteiger partial charge < -0.3 is 5.11 Å². The Balaban J connectivity index is 0.00000169. The van der Waals surface area contributed by atoms with Crippen molar-refractivity contribution in [2.24, 2.45) is 0 Å². The summed E-state index contributed by atoms with van der Waals surface area (Å²) in [5, 5.41) is 9.90. The third-order valence-electron chi connectivity index (χ3n) is 1.42. The van der Waals surface area contributed by atoms with Crippen molar-refractivity contribution >= 4 is 5.78 Å². The summed E-state index contributed by atoms with van der Waals surface area (Å²) in [6.45, 7) is 0. The van der Waals surface area contributed by atoms with Crippen molar-refractivity contribution in [2.45, 2.75) is 0 Å². The zero-order valence-corrected chi connectivity index (χ0v) is 9.46. The van der Waals surface area contributed by atoms with E-state index in [9.17, 15) is 18.7 Å². The molecule has 2 nitrogen and oxygen atoms in total. The molecule has 0 bridgehead atoms. The monoisotopic (exact) mass is 206 g/mol. The average molecular weight is 206 g/mol. The van der Waals surface area contributed by atoms with Gasteiger partial charge in [-0.25, -0.2) is 8.78 Å². The topological polar surface area (TPSA) is 40.1 Å². The SMILES string of the molecule is O=C(/C=C/[O-])c1ccc(F)c(F)c1.[Na+]. The minimum Gasteiger partial charge on any atom is -0.878 e. The first-order valence-electron chi connectivity index (χ1n) is 3.43. The minimum absolute atomic E-state index is 0. The summed E-state index contributed by atoms with van der Waals surface area (Å²) < 4.78 is 24.9. The molecule has 0 saturated carbocycles. The third kappa shape index (κ3) is 3.21. The molecule has 0 amide bonds. The molecule has 68 valence electrons. The number of benzene rings is 1. The molecule has 0 N–H and O–H groups in total. The minimum atomic E-state index is -1.11. The second-order valence-electron chi connectivity index (χ2n) is 2.30. The number of carbonyl (C=O) groups is 1. The molecule has 0 atom stereocenters. The average Bonchev–Trinajstić information content (AvgIpc) is 2.10. The number of hydrogen-bond acceptors (Lipinski definition) is 2. The van der Waals surface area contributed by atoms with Crippen molar-refractivity contribution in [3.63, 3.8) is 0 Å². The maximum atomic E-state index is 12.6. The summed E-state index contributed by atoms with van der Waals surface area (Å²) in [4.78, 5) is 10.9. The van der Waals surface area contributed by atoms with Crippen molar-refractivity contribution in [3.8, 4) is 0 Å². The van der Waals surface area contributed by atoms with Crippen molar-refractivity contribution < 1.29 is 48.2 Å². The van der Waals surface area contributed by atoms with Gasteiger partial charge in [0.05, 0.1) is 0 Å². The summed E-state index contributed by atoms with van der Waals surface area (Å²) >= 11 is 0. The van der Waals surface area contributed by atoms with Gasteiger partial charge in [0.25, 0.3) is 0 Å². The summed E-state index contributed by atoms with van der Waals surface area (Å²) in [5.41, 5.74) is -0.0500. The number of rotatable bonds is 2. The Hall–Kier alpha value is -0.710. The summed E-state index contributed by atoms with van der Waals surface area (Å²) in [5.74, 6) is -2.78. The van der Waals surface area contributed by atoms with E-state index in [1.54, 1.807) is 0 Å². The Labute approximate surface area is 102 Å². The fraction of sp³-hybridized carbons (Fsp3) is 0. The van der Waals surface area contributed by atoms with Crippen LogP contribution < -0.4 is 34.7 Å². The van der Waals surface area contributed by atoms with Crippen molar-refractivity contribution in [2.75, 3.05) is 0 Å². The first-order valence-corrected chi connectivity index (χ1v) is 3.43. The van der Waals surface area contributed by atoms with Crippen LogP contribution in [0.2, 0.25) is 0 Å². The molecule has 0 aromatic heterocycles. The fourth-order valence-electron chi connectivity index (χ4n) is 0.807. The van der Waals surface area contributed by atoms with Crippen LogP contribution in [0.4, 0.5) is 8.78 Å². The normalized spacial score (nSPS) is 9.86. The maximum absolute atomic E-state index is 12.6. The fourth-order valence-corrected chi connectivity index (χ4v) is 0.807. The number of allylic oxidation sites excluding steroid dienone is 1. The molecule has 0 fully saturated rings. The molecule has 0 aliphatic carbocycles. The van der Waals surface area contributed by atoms with Gasteiger partial charge in [0.2, 0.25) is 0 Å². The molecular weight excluding hydrogens is 201 g/mol. The van der Waals surface area contributed by atoms with Crippen molar-refractivity contribution in [1.82, 2.24) is 0 Å². The molecular formula is C9H5F2NaO2. The molecule has 0 aliphatic rings. The first kappa shape index (κ1) is 13.3. The van der Waals surface area contributed by atoms with Crippen LogP contribution >= 0.6 is 0 Å². The summed E-state index contributed by atoms with van der Waals surface area (Å²) in [6.07, 6.45) is 1.04. The predicted molar refractivity (Wildman–Crippen MR) is 39.8 cm³/mol. The smallest absolute Gasteiger partial charge is 0.878 e. The number of halogens is 2. The van der Waals surface area contributed by atoms with E-state index in [-0.39, 0.29) is 35.1 Å². The maximum Gasteiger partial charge on any atom is 1.00 e. The van der Waals surface area contributed by atoms with Gasteiger partial charge in [-0.3, -0.25) is 4.79 Å². The van der Waals surface area contributed by atoms with Crippen LogP contribution in [0.15, 0.2) is 30.5 Å². The van der Waals surface area contributed by atoms with Crippen LogP contribution in [0.1, 0.15) is 10.4 Å². The predicted octanol–water partition coefficient (Wildman–Crippen LogP) is -1.97. The molecule has 0 spiro atoms. The second kappa shape index (κ2) is 5.90. The molecule has 0 radical (unpaired) electrons. The van der Waals surface area contributed by atoms with Crippen LogP contribution in [-0.2, 0) is 0 Å². The largest absolute Gasteiger partial charge is 1.00 e. The Kier molecular flexibility index (Phi) is 5.60. The standard InChI is InChI=1S/C9H6F2O2.Na/c10-7-2-1-6(5-8(7)11)9(13)3-4-12;/h1-5,12H;/q;+1/p-1/b4-3+;. The Morgan fingerprint density at radius 1 is 1.29 bits per heavy atom. The van der Waals surface area contributed by atoms with E-state index in [0.717, 1.165) is 24.3 Å². The molecule has 1 rings (SSSR count). The van der Waals surface area contributed by atoms with E-state index in [1.807, 2.05) is 0 Å². The van der Waals surface area contributed by atoms with E-state index < -0.39 is 17.4 Å². The molecule has 14 heavy (non-hydrogen) atoms. The van der Waals surface area contributed by atoms with Crippen LogP contribution in [-0.4, -0.2) is 5.78 Å². The van der Waals surface area contributed by atoms with Crippen molar-refractivity contribution in [1.29, 1.82) is 0 Å². The van der Waals surface area contributed by atoms with Gasteiger partial charge in [-0.1, -0.05) is 0 Å². The van der Waals surface area contributed by atoms with E-state index in [2.05, 4.69) is 0 Å². The number of ketones is 1. The Morgan fingerprint density at radius 2 is 1.93 bits per heavy atom. The van der Waals surface area contributed by atoms with E-state index >= 15 is 0 Å². The zero-order chi connectivity index (χ0) is 9.84.